The van der Waals surface area contributed by atoms with Gasteiger partial charge in [0.25, 0.3) is 5.91 Å². The summed E-state index contributed by atoms with van der Waals surface area (Å²) in [5, 5.41) is 19.0. The number of rotatable bonds is 5. The Morgan fingerprint density at radius 2 is 1.58 bits per heavy atom. The lowest BCUT2D eigenvalue weighted by molar-refractivity contribution is -0.192. The van der Waals surface area contributed by atoms with E-state index in [0.29, 0.717) is 11.1 Å². The van der Waals surface area contributed by atoms with Crippen molar-refractivity contribution in [2.24, 2.45) is 0 Å². The van der Waals surface area contributed by atoms with Gasteiger partial charge in [-0.1, -0.05) is 36.4 Å². The largest absolute Gasteiger partial charge is 0.490 e. The molecular weight excluding hydrogens is 471 g/mol. The highest BCUT2D eigenvalue weighted by molar-refractivity contribution is 6.04. The first-order valence-electron chi connectivity index (χ1n) is 11.2. The molecule has 0 bridgehead atoms. The van der Waals surface area contributed by atoms with Gasteiger partial charge in [-0.3, -0.25) is 9.69 Å². The average Bonchev–Trinajstić information content (AvgIpc) is 3.37. The number of likely N-dealkylation sites (tertiary alicyclic amines) is 1. The van der Waals surface area contributed by atoms with Gasteiger partial charge < -0.3 is 10.4 Å². The van der Waals surface area contributed by atoms with E-state index in [2.05, 4.69) is 40.6 Å². The first-order chi connectivity index (χ1) is 17.2. The summed E-state index contributed by atoms with van der Waals surface area (Å²) in [6.45, 7) is 3.38. The maximum absolute atomic E-state index is 12.4. The summed E-state index contributed by atoms with van der Waals surface area (Å²) in [6, 6.07) is 25.3. The van der Waals surface area contributed by atoms with Gasteiger partial charge in [0.05, 0.1) is 11.6 Å². The third-order valence-corrected chi connectivity index (χ3v) is 5.50. The van der Waals surface area contributed by atoms with Crippen LogP contribution >= 0.6 is 0 Å². The number of nitriles is 1. The number of nitrogens with zero attached hydrogens (tertiary/aromatic N) is 2. The Kier molecular flexibility index (Phi) is 8.81. The van der Waals surface area contributed by atoms with E-state index in [0.717, 1.165) is 17.8 Å². The smallest absolute Gasteiger partial charge is 0.475 e. The molecule has 1 fully saturated rings. The van der Waals surface area contributed by atoms with Gasteiger partial charge in [-0.15, -0.1) is 0 Å². The normalized spacial score (nSPS) is 13.3. The molecule has 0 saturated carbocycles. The minimum Gasteiger partial charge on any atom is -0.475 e. The minimum atomic E-state index is -5.08. The van der Waals surface area contributed by atoms with Crippen LogP contribution in [0.5, 0.6) is 0 Å². The van der Waals surface area contributed by atoms with Gasteiger partial charge in [0.15, 0.2) is 0 Å². The number of carboxylic acids is 1. The molecule has 0 unspecified atom stereocenters. The summed E-state index contributed by atoms with van der Waals surface area (Å²) >= 11 is 0. The van der Waals surface area contributed by atoms with Gasteiger partial charge >= 0.3 is 12.1 Å². The number of alkyl halides is 3. The molecule has 4 rings (SSSR count). The van der Waals surface area contributed by atoms with Crippen LogP contribution in [-0.2, 0) is 11.3 Å². The Labute approximate surface area is 206 Å². The van der Waals surface area contributed by atoms with Gasteiger partial charge in [-0.25, -0.2) is 4.79 Å². The van der Waals surface area contributed by atoms with Crippen LogP contribution in [0.2, 0.25) is 0 Å². The van der Waals surface area contributed by atoms with Crippen LogP contribution in [0.1, 0.15) is 34.3 Å². The zero-order valence-corrected chi connectivity index (χ0v) is 19.3. The highest BCUT2D eigenvalue weighted by Crippen LogP contribution is 2.24. The summed E-state index contributed by atoms with van der Waals surface area (Å²) in [7, 11) is 0. The number of amides is 1. The second-order valence-electron chi connectivity index (χ2n) is 8.21. The molecule has 36 heavy (non-hydrogen) atoms. The predicted molar refractivity (Wildman–Crippen MR) is 129 cm³/mol. The van der Waals surface area contributed by atoms with Crippen molar-refractivity contribution in [3.8, 4) is 17.2 Å². The van der Waals surface area contributed by atoms with E-state index >= 15 is 0 Å². The monoisotopic (exact) mass is 495 g/mol. The number of nitrogens with one attached hydrogen (secondary N) is 1. The van der Waals surface area contributed by atoms with E-state index in [9.17, 15) is 18.0 Å². The lowest BCUT2D eigenvalue weighted by atomic mass is 10.0. The molecule has 1 heterocycles. The number of halogens is 3. The lowest BCUT2D eigenvalue weighted by Crippen LogP contribution is -2.21. The van der Waals surface area contributed by atoms with Gasteiger partial charge in [0, 0.05) is 17.8 Å². The van der Waals surface area contributed by atoms with Gasteiger partial charge in [0.2, 0.25) is 0 Å². The topological polar surface area (TPSA) is 93.4 Å². The van der Waals surface area contributed by atoms with Crippen LogP contribution in [0.3, 0.4) is 0 Å². The fourth-order valence-corrected chi connectivity index (χ4v) is 3.73. The molecule has 6 nitrogen and oxygen atoms in total. The lowest BCUT2D eigenvalue weighted by Gasteiger charge is -2.15. The van der Waals surface area contributed by atoms with Crippen LogP contribution in [0.25, 0.3) is 11.1 Å². The van der Waals surface area contributed by atoms with Crippen LogP contribution in [0.4, 0.5) is 18.9 Å². The third-order valence-electron chi connectivity index (χ3n) is 5.50. The van der Waals surface area contributed by atoms with Gasteiger partial charge in [-0.05, 0) is 79.0 Å². The Bertz CT molecular complexity index is 1250. The SMILES string of the molecule is N#Cc1cccc(C(=O)Nc2ccc(-c3cccc(CN4CCCC4)c3)cc2)c1.O=C(O)C(F)(F)F. The highest BCUT2D eigenvalue weighted by atomic mass is 19.4. The minimum absolute atomic E-state index is 0.220. The molecule has 1 aliphatic rings. The zero-order valence-electron chi connectivity index (χ0n) is 19.3. The summed E-state index contributed by atoms with van der Waals surface area (Å²) in [6.07, 6.45) is -2.48. The van der Waals surface area contributed by atoms with Crippen molar-refractivity contribution in [2.45, 2.75) is 25.6 Å². The molecule has 0 spiro atoms. The van der Waals surface area contributed by atoms with E-state index in [-0.39, 0.29) is 5.91 Å². The average molecular weight is 496 g/mol. The molecule has 3 aromatic carbocycles. The van der Waals surface area contributed by atoms with Crippen molar-refractivity contribution in [1.82, 2.24) is 4.90 Å². The maximum Gasteiger partial charge on any atom is 0.490 e. The Morgan fingerprint density at radius 1 is 0.944 bits per heavy atom. The molecule has 9 heteroatoms. The van der Waals surface area contributed by atoms with E-state index in [1.54, 1.807) is 24.3 Å². The standard InChI is InChI=1S/C25H23N3O.C2HF3O2/c26-17-19-5-3-8-23(15-19)25(29)27-24-11-9-21(10-12-24)22-7-4-6-20(16-22)18-28-13-1-2-14-28;3-2(4,5)1(6)7/h3-12,15-16H,1-2,13-14,18H2,(H,27,29);(H,6,7). The van der Waals surface area contributed by atoms with Gasteiger partial charge in [0.1, 0.15) is 0 Å². The number of benzene rings is 3. The summed E-state index contributed by atoms with van der Waals surface area (Å²) in [4.78, 5) is 23.8. The van der Waals surface area contributed by atoms with E-state index in [1.807, 2.05) is 24.3 Å². The Hall–Kier alpha value is -4.16. The quantitative estimate of drug-likeness (QED) is 0.473. The molecular formula is C27H24F3N3O3. The number of anilines is 1. The first kappa shape index (κ1) is 26.4. The summed E-state index contributed by atoms with van der Waals surface area (Å²) in [5.41, 5.74) is 5.32. The van der Waals surface area contributed by atoms with Crippen LogP contribution in [-0.4, -0.2) is 41.1 Å². The molecule has 1 saturated heterocycles. The maximum atomic E-state index is 12.4. The van der Waals surface area contributed by atoms with Crippen molar-refractivity contribution in [3.05, 3.63) is 89.5 Å². The molecule has 0 radical (unpaired) electrons. The third kappa shape index (κ3) is 7.68. The first-order valence-corrected chi connectivity index (χ1v) is 11.2. The van der Waals surface area contributed by atoms with Crippen LogP contribution in [0.15, 0.2) is 72.8 Å². The molecule has 0 aliphatic carbocycles. The number of carbonyl (C=O) groups is 2. The Balaban J connectivity index is 0.000000454. The van der Waals surface area contributed by atoms with Crippen LogP contribution < -0.4 is 5.32 Å². The summed E-state index contributed by atoms with van der Waals surface area (Å²) < 4.78 is 31.7. The fourth-order valence-electron chi connectivity index (χ4n) is 3.73. The molecule has 2 N–H and O–H groups in total. The second kappa shape index (κ2) is 12.0. The highest BCUT2D eigenvalue weighted by Gasteiger charge is 2.38. The fraction of sp³-hybridized carbons (Fsp3) is 0.222. The van der Waals surface area contributed by atoms with Crippen molar-refractivity contribution >= 4 is 17.6 Å². The number of carboxylic acid groups (broad SMARTS) is 1. The summed E-state index contributed by atoms with van der Waals surface area (Å²) in [5.74, 6) is -2.98. The number of aliphatic carboxylic acids is 1. The van der Waals surface area contributed by atoms with Crippen molar-refractivity contribution < 1.29 is 27.9 Å². The van der Waals surface area contributed by atoms with E-state index in [1.165, 1.54) is 37.1 Å². The van der Waals surface area contributed by atoms with Gasteiger partial charge in [-0.2, -0.15) is 18.4 Å². The molecule has 3 aromatic rings. The van der Waals surface area contributed by atoms with Crippen molar-refractivity contribution in [3.63, 3.8) is 0 Å². The van der Waals surface area contributed by atoms with E-state index < -0.39 is 12.1 Å². The van der Waals surface area contributed by atoms with E-state index in [4.69, 9.17) is 15.2 Å². The molecule has 1 amide bonds. The molecule has 186 valence electrons. The second-order valence-corrected chi connectivity index (χ2v) is 8.21. The number of hydrogen-bond donors (Lipinski definition) is 2. The molecule has 0 aromatic heterocycles. The zero-order chi connectivity index (χ0) is 26.1. The van der Waals surface area contributed by atoms with Crippen LogP contribution in [0, 0.1) is 11.3 Å². The predicted octanol–water partition coefficient (Wildman–Crippen LogP) is 5.71. The molecule has 1 aliphatic heterocycles. The number of hydrogen-bond acceptors (Lipinski definition) is 4. The van der Waals surface area contributed by atoms with Crippen molar-refractivity contribution in [1.29, 1.82) is 5.26 Å². The Morgan fingerprint density at radius 3 is 2.19 bits per heavy atom. The van der Waals surface area contributed by atoms with Crippen molar-refractivity contribution in [2.75, 3.05) is 18.4 Å². The molecule has 0 atom stereocenters. The number of carbonyl (C=O) groups excluding carboxylic acids is 1.